The van der Waals surface area contributed by atoms with Crippen molar-refractivity contribution < 1.29 is 28.1 Å². The zero-order valence-corrected chi connectivity index (χ0v) is 32.8. The van der Waals surface area contributed by atoms with Crippen LogP contribution in [-0.4, -0.2) is 81.7 Å². The molecule has 15 heteroatoms. The van der Waals surface area contributed by atoms with E-state index in [-0.39, 0.29) is 41.9 Å². The molecule has 1 aliphatic rings. The predicted octanol–water partition coefficient (Wildman–Crippen LogP) is 7.16. The number of aryl methyl sites for hydroxylation is 3. The highest BCUT2D eigenvalue weighted by Crippen LogP contribution is 2.57. The highest BCUT2D eigenvalue weighted by molar-refractivity contribution is 8.22. The molecule has 0 fully saturated rings. The van der Waals surface area contributed by atoms with Crippen molar-refractivity contribution in [3.05, 3.63) is 88.9 Å². The Balaban J connectivity index is 1.38. The summed E-state index contributed by atoms with van der Waals surface area (Å²) in [5.41, 5.74) is 5.67. The minimum absolute atomic E-state index is 0.193. The molecule has 0 saturated heterocycles. The number of hydrogen-bond acceptors (Lipinski definition) is 12. The highest BCUT2D eigenvalue weighted by atomic mass is 32.3. The number of hydrogen-bond donors (Lipinski definition) is 3. The summed E-state index contributed by atoms with van der Waals surface area (Å²) in [6.07, 6.45) is 5.00. The first-order valence-electron chi connectivity index (χ1n) is 18.3. The normalized spacial score (nSPS) is 16.9. The standard InChI is InChI=1S/C39H50N8O6S/c1-8-30-24-46(54(49,50)33-12-11-17-40-36(33)53-30)23-28-20-27(14-13-25(28)4)34(31-15-16-32-35(26(31)5)44-45-47(32)9-2)39(6,7)37(48)43-29-21-41-38(42-22-29)52-19-18-51-10-3/h11-17,20-22,30,34,49-50H,8-10,18-19,23-24H2,1-7H3,(H,43,48)/t30-,34+/m1/s1. The second kappa shape index (κ2) is 16.4. The number of aromatic nitrogens is 6. The van der Waals surface area contributed by atoms with Crippen LogP contribution in [0.2, 0.25) is 0 Å². The van der Waals surface area contributed by atoms with E-state index in [0.29, 0.717) is 38.5 Å². The summed E-state index contributed by atoms with van der Waals surface area (Å²) in [6.45, 7) is 16.3. The highest BCUT2D eigenvalue weighted by Gasteiger charge is 2.41. The summed E-state index contributed by atoms with van der Waals surface area (Å²) in [7, 11) is -3.44. The lowest BCUT2D eigenvalue weighted by Gasteiger charge is -2.42. The molecule has 4 heterocycles. The van der Waals surface area contributed by atoms with Crippen molar-refractivity contribution in [2.24, 2.45) is 5.41 Å². The zero-order valence-electron chi connectivity index (χ0n) is 31.9. The number of rotatable bonds is 14. The van der Waals surface area contributed by atoms with Crippen molar-refractivity contribution >= 4 is 33.4 Å². The maximum atomic E-state index is 14.4. The molecule has 1 aliphatic heterocycles. The Kier molecular flexibility index (Phi) is 11.8. The number of ether oxygens (including phenoxy) is 3. The minimum atomic E-state index is -3.44. The van der Waals surface area contributed by atoms with Crippen LogP contribution in [0, 0.1) is 19.3 Å². The average molecular weight is 759 g/mol. The van der Waals surface area contributed by atoms with Crippen LogP contribution in [0.15, 0.2) is 66.0 Å². The van der Waals surface area contributed by atoms with Crippen LogP contribution < -0.4 is 14.8 Å². The number of carbonyl (C=O) groups is 1. The first-order valence-corrected chi connectivity index (χ1v) is 19.8. The molecule has 3 N–H and O–H groups in total. The van der Waals surface area contributed by atoms with Crippen LogP contribution in [-0.2, 0) is 22.6 Å². The number of benzene rings is 2. The smallest absolute Gasteiger partial charge is 0.316 e. The van der Waals surface area contributed by atoms with E-state index >= 15 is 0 Å². The zero-order chi connectivity index (χ0) is 38.6. The van der Waals surface area contributed by atoms with Gasteiger partial charge in [-0.3, -0.25) is 13.9 Å². The average Bonchev–Trinajstić information content (AvgIpc) is 3.55. The third-order valence-corrected chi connectivity index (χ3v) is 11.9. The Morgan fingerprint density at radius 3 is 2.57 bits per heavy atom. The Morgan fingerprint density at radius 2 is 1.85 bits per heavy atom. The van der Waals surface area contributed by atoms with Gasteiger partial charge in [-0.25, -0.2) is 19.6 Å². The van der Waals surface area contributed by atoms with Gasteiger partial charge in [0.15, 0.2) is 0 Å². The fraction of sp³-hybridized carbons (Fsp3) is 0.436. The molecule has 0 aliphatic carbocycles. The van der Waals surface area contributed by atoms with Crippen LogP contribution in [0.1, 0.15) is 74.8 Å². The number of nitrogens with zero attached hydrogens (tertiary/aromatic N) is 7. The van der Waals surface area contributed by atoms with E-state index in [4.69, 9.17) is 14.2 Å². The van der Waals surface area contributed by atoms with E-state index in [9.17, 15) is 13.9 Å². The molecular weight excluding hydrogens is 709 g/mol. The molecule has 5 aromatic rings. The van der Waals surface area contributed by atoms with E-state index in [1.54, 1.807) is 22.6 Å². The maximum Gasteiger partial charge on any atom is 0.316 e. The van der Waals surface area contributed by atoms with Gasteiger partial charge >= 0.3 is 6.01 Å². The summed E-state index contributed by atoms with van der Waals surface area (Å²) in [4.78, 5) is 27.6. The van der Waals surface area contributed by atoms with Crippen molar-refractivity contribution in [2.75, 3.05) is 31.7 Å². The van der Waals surface area contributed by atoms with Gasteiger partial charge in [0.05, 0.1) is 42.2 Å². The number of amides is 1. The SMILES string of the molecule is CCOCCOc1ncc(NC(=O)C(C)(C)[C@@H](c2ccc(C)c(CN3C[C@@H](CC)Oc4ncccc4S3(O)O)c2)c2ccc3c(nnn3CC)c2C)cn1. The van der Waals surface area contributed by atoms with Gasteiger partial charge in [-0.1, -0.05) is 50.3 Å². The van der Waals surface area contributed by atoms with E-state index in [2.05, 4.69) is 42.7 Å². The lowest BCUT2D eigenvalue weighted by molar-refractivity contribution is -0.124. The third-order valence-electron chi connectivity index (χ3n) is 10.0. The van der Waals surface area contributed by atoms with Gasteiger partial charge in [0, 0.05) is 31.8 Å². The molecule has 3 aromatic heterocycles. The molecule has 2 atom stereocenters. The van der Waals surface area contributed by atoms with E-state index in [1.807, 2.05) is 71.3 Å². The summed E-state index contributed by atoms with van der Waals surface area (Å²) >= 11 is 0. The molecule has 0 saturated carbocycles. The van der Waals surface area contributed by atoms with Crippen molar-refractivity contribution in [3.8, 4) is 11.9 Å². The van der Waals surface area contributed by atoms with Crippen LogP contribution >= 0.6 is 10.8 Å². The molecule has 0 spiro atoms. The van der Waals surface area contributed by atoms with Crippen molar-refractivity contribution in [1.29, 1.82) is 0 Å². The minimum Gasteiger partial charge on any atom is -0.472 e. The van der Waals surface area contributed by atoms with Crippen molar-refractivity contribution in [1.82, 2.24) is 34.3 Å². The van der Waals surface area contributed by atoms with Gasteiger partial charge in [-0.05, 0) is 80.1 Å². The van der Waals surface area contributed by atoms with Crippen LogP contribution in [0.25, 0.3) is 11.0 Å². The van der Waals surface area contributed by atoms with E-state index < -0.39 is 22.1 Å². The largest absolute Gasteiger partial charge is 0.472 e. The Morgan fingerprint density at radius 1 is 1.07 bits per heavy atom. The Labute approximate surface area is 317 Å². The molecule has 0 bridgehead atoms. The first-order chi connectivity index (χ1) is 25.9. The number of fused-ring (bicyclic) bond motifs is 2. The summed E-state index contributed by atoms with van der Waals surface area (Å²) in [5.74, 6) is -0.463. The molecule has 54 heavy (non-hydrogen) atoms. The van der Waals surface area contributed by atoms with E-state index in [0.717, 1.165) is 38.9 Å². The van der Waals surface area contributed by atoms with Gasteiger partial charge in [0.1, 0.15) is 23.1 Å². The second-order valence-electron chi connectivity index (χ2n) is 13.9. The topological polar surface area (TPSA) is 170 Å². The van der Waals surface area contributed by atoms with E-state index in [1.165, 1.54) is 12.4 Å². The first kappa shape index (κ1) is 39.0. The third kappa shape index (κ3) is 7.91. The van der Waals surface area contributed by atoms with Gasteiger partial charge < -0.3 is 19.5 Å². The fourth-order valence-electron chi connectivity index (χ4n) is 6.87. The molecule has 14 nitrogen and oxygen atoms in total. The summed E-state index contributed by atoms with van der Waals surface area (Å²) < 4.78 is 44.0. The molecule has 6 rings (SSSR count). The molecule has 2 aromatic carbocycles. The number of carbonyl (C=O) groups excluding carboxylic acids is 1. The fourth-order valence-corrected chi connectivity index (χ4v) is 8.43. The Bertz CT molecular complexity index is 2090. The number of nitrogens with one attached hydrogen (secondary N) is 1. The van der Waals surface area contributed by atoms with Crippen molar-refractivity contribution in [3.63, 3.8) is 0 Å². The van der Waals surface area contributed by atoms with Gasteiger partial charge in [-0.2, -0.15) is 4.31 Å². The second-order valence-corrected chi connectivity index (χ2v) is 15.9. The Hall–Kier alpha value is -4.67. The lowest BCUT2D eigenvalue weighted by Crippen LogP contribution is -2.37. The van der Waals surface area contributed by atoms with Crippen LogP contribution in [0.3, 0.4) is 0 Å². The quantitative estimate of drug-likeness (QED) is 0.0978. The van der Waals surface area contributed by atoms with Crippen LogP contribution in [0.5, 0.6) is 11.9 Å². The summed E-state index contributed by atoms with van der Waals surface area (Å²) in [6, 6.07) is 13.7. The predicted molar refractivity (Wildman–Crippen MR) is 208 cm³/mol. The maximum absolute atomic E-state index is 14.4. The van der Waals surface area contributed by atoms with Crippen molar-refractivity contribution in [2.45, 2.75) is 84.9 Å². The van der Waals surface area contributed by atoms with Gasteiger partial charge in [-0.15, -0.1) is 15.9 Å². The molecule has 0 radical (unpaired) electrons. The molecule has 288 valence electrons. The monoisotopic (exact) mass is 758 g/mol. The van der Waals surface area contributed by atoms with Crippen LogP contribution in [0.4, 0.5) is 5.69 Å². The molecular formula is C39H50N8O6S. The number of pyridine rings is 1. The molecule has 0 unspecified atom stereocenters. The lowest BCUT2D eigenvalue weighted by atomic mass is 9.69. The van der Waals surface area contributed by atoms with Gasteiger partial charge in [0.25, 0.3) is 0 Å². The number of anilines is 1. The van der Waals surface area contributed by atoms with Gasteiger partial charge in [0.2, 0.25) is 11.8 Å². The molecule has 1 amide bonds. The summed E-state index contributed by atoms with van der Waals surface area (Å²) in [5, 5.41) is 11.9.